The van der Waals surface area contributed by atoms with Crippen molar-refractivity contribution in [3.8, 4) is 0 Å². The Labute approximate surface area is 121 Å². The summed E-state index contributed by atoms with van der Waals surface area (Å²) in [6, 6.07) is 0. The molecule has 0 aliphatic heterocycles. The molecule has 0 radical (unpaired) electrons. The van der Waals surface area contributed by atoms with Crippen LogP contribution in [0, 0.1) is 0 Å². The molecular weight excluding hydrogens is 410 g/mol. The van der Waals surface area contributed by atoms with Crippen LogP contribution in [0.5, 0.6) is 0 Å². The lowest BCUT2D eigenvalue weighted by atomic mass is 10.7. The molecule has 0 saturated heterocycles. The van der Waals surface area contributed by atoms with Gasteiger partial charge in [-0.05, 0) is 38.8 Å². The van der Waals surface area contributed by atoms with E-state index in [4.69, 9.17) is 8.48 Å². The van der Waals surface area contributed by atoms with E-state index in [1.54, 1.807) is 13.1 Å². The molecule has 0 amide bonds. The molecular formula is C8H10Br3N3O2. The minimum Gasteiger partial charge on any atom is -0.465 e. The fourth-order valence-corrected chi connectivity index (χ4v) is 1.44. The standard InChI is InChI=1S/C4H3Br2N3.C4H7BrO2/c5-2-1-8-4(7)3(6)9-2;1-2-7-4(6)3-5/h1H,(H2,7,8);2-3H2,1H3/i;3D2. The molecule has 1 heterocycles. The summed E-state index contributed by atoms with van der Waals surface area (Å²) in [5.41, 5.74) is 5.35. The van der Waals surface area contributed by atoms with E-state index in [9.17, 15) is 4.79 Å². The van der Waals surface area contributed by atoms with Gasteiger partial charge in [-0.25, -0.2) is 9.97 Å². The number of aromatic nitrogens is 2. The maximum Gasteiger partial charge on any atom is 0.316 e. The number of nitrogens with zero attached hydrogens (tertiary/aromatic N) is 2. The average molecular weight is 422 g/mol. The van der Waals surface area contributed by atoms with Crippen LogP contribution in [0.25, 0.3) is 0 Å². The monoisotopic (exact) mass is 419 g/mol. The van der Waals surface area contributed by atoms with Gasteiger partial charge in [0, 0.05) is 0 Å². The van der Waals surface area contributed by atoms with Crippen molar-refractivity contribution in [2.75, 3.05) is 17.6 Å². The van der Waals surface area contributed by atoms with E-state index in [-0.39, 0.29) is 6.61 Å². The van der Waals surface area contributed by atoms with Crippen molar-refractivity contribution in [2.24, 2.45) is 0 Å². The van der Waals surface area contributed by atoms with E-state index in [0.29, 0.717) is 15.0 Å². The maximum absolute atomic E-state index is 10.4. The minimum atomic E-state index is -2.04. The zero-order chi connectivity index (χ0) is 14.3. The summed E-state index contributed by atoms with van der Waals surface area (Å²) in [5, 5.41) is -2.04. The maximum atomic E-state index is 10.4. The first kappa shape index (κ1) is 12.3. The van der Waals surface area contributed by atoms with Crippen LogP contribution in [0.1, 0.15) is 9.67 Å². The van der Waals surface area contributed by atoms with Gasteiger partial charge >= 0.3 is 5.97 Å². The Balaban J connectivity index is 0.000000321. The molecule has 90 valence electrons. The molecule has 1 aromatic rings. The van der Waals surface area contributed by atoms with Crippen LogP contribution in [-0.2, 0) is 9.53 Å². The molecule has 2 N–H and O–H groups in total. The van der Waals surface area contributed by atoms with Gasteiger partial charge in [-0.15, -0.1) is 0 Å². The lowest BCUT2D eigenvalue weighted by Gasteiger charge is -1.93. The largest absolute Gasteiger partial charge is 0.465 e. The Morgan fingerprint density at radius 3 is 2.62 bits per heavy atom. The third-order valence-corrected chi connectivity index (χ3v) is 2.37. The molecule has 0 spiro atoms. The van der Waals surface area contributed by atoms with Crippen LogP contribution in [0.4, 0.5) is 5.82 Å². The molecule has 0 aromatic carbocycles. The molecule has 0 fully saturated rings. The fourth-order valence-electron chi connectivity index (χ4n) is 0.514. The van der Waals surface area contributed by atoms with E-state index in [1.165, 1.54) is 0 Å². The summed E-state index contributed by atoms with van der Waals surface area (Å²) in [7, 11) is 0. The second-order valence-electron chi connectivity index (χ2n) is 2.18. The van der Waals surface area contributed by atoms with Crippen molar-refractivity contribution in [3.05, 3.63) is 15.4 Å². The second-order valence-corrected chi connectivity index (χ2v) is 4.14. The van der Waals surface area contributed by atoms with Crippen LogP contribution in [0.2, 0.25) is 0 Å². The Morgan fingerprint density at radius 1 is 1.69 bits per heavy atom. The highest BCUT2D eigenvalue weighted by Crippen LogP contribution is 2.15. The third kappa shape index (κ3) is 7.13. The lowest BCUT2D eigenvalue weighted by molar-refractivity contribution is -0.139. The highest BCUT2D eigenvalue weighted by Gasteiger charge is 1.96. The van der Waals surface area contributed by atoms with Crippen molar-refractivity contribution in [2.45, 2.75) is 6.92 Å². The van der Waals surface area contributed by atoms with Gasteiger partial charge in [0.05, 0.1) is 15.5 Å². The second kappa shape index (κ2) is 8.89. The number of nitrogens with two attached hydrogens (primary N) is 1. The number of halogens is 3. The van der Waals surface area contributed by atoms with Crippen molar-refractivity contribution >= 4 is 59.6 Å². The molecule has 0 saturated carbocycles. The number of esters is 1. The van der Waals surface area contributed by atoms with Crippen molar-refractivity contribution < 1.29 is 12.3 Å². The van der Waals surface area contributed by atoms with Gasteiger partial charge in [0.1, 0.15) is 14.5 Å². The zero-order valence-corrected chi connectivity index (χ0v) is 13.0. The number of carbonyl (C=O) groups excluding carboxylic acids is 1. The summed E-state index contributed by atoms with van der Waals surface area (Å²) >= 11 is 8.76. The SMILES string of the molecule is Nc1ncc(Br)nc1Br.[2H]C([2H])(Br)C(=O)OCC. The van der Waals surface area contributed by atoms with Gasteiger partial charge in [-0.1, -0.05) is 15.9 Å². The number of anilines is 1. The van der Waals surface area contributed by atoms with E-state index >= 15 is 0 Å². The van der Waals surface area contributed by atoms with Crippen molar-refractivity contribution in [1.82, 2.24) is 9.97 Å². The van der Waals surface area contributed by atoms with Gasteiger partial charge < -0.3 is 10.5 Å². The lowest BCUT2D eigenvalue weighted by Crippen LogP contribution is -2.03. The Hall–Kier alpha value is -0.210. The highest BCUT2D eigenvalue weighted by molar-refractivity contribution is 9.11. The summed E-state index contributed by atoms with van der Waals surface area (Å²) in [5.74, 6) is -0.483. The van der Waals surface area contributed by atoms with Crippen LogP contribution < -0.4 is 5.73 Å². The first-order valence-electron chi connectivity index (χ1n) is 4.98. The predicted molar refractivity (Wildman–Crippen MR) is 72.3 cm³/mol. The third-order valence-electron chi connectivity index (χ3n) is 1.08. The minimum absolute atomic E-state index is 0.198. The molecule has 0 aliphatic carbocycles. The summed E-state index contributed by atoms with van der Waals surface area (Å²) in [6.07, 6.45) is 1.54. The predicted octanol–water partition coefficient (Wildman–Crippen LogP) is 2.53. The molecule has 16 heavy (non-hydrogen) atoms. The molecule has 0 atom stereocenters. The summed E-state index contributed by atoms with van der Waals surface area (Å²) in [4.78, 5) is 18.1. The first-order valence-corrected chi connectivity index (χ1v) is 6.36. The molecule has 8 heteroatoms. The smallest absolute Gasteiger partial charge is 0.316 e. The molecule has 0 unspecified atom stereocenters. The number of nitrogen functional groups attached to an aromatic ring is 1. The van der Waals surface area contributed by atoms with Gasteiger partial charge in [-0.3, -0.25) is 4.79 Å². The fraction of sp³-hybridized carbons (Fsp3) is 0.375. The molecule has 1 aromatic heterocycles. The molecule has 1 rings (SSSR count). The van der Waals surface area contributed by atoms with Crippen LogP contribution in [0.15, 0.2) is 15.4 Å². The summed E-state index contributed by atoms with van der Waals surface area (Å²) < 4.78 is 19.1. The van der Waals surface area contributed by atoms with Gasteiger partial charge in [0.15, 0.2) is 5.82 Å². The van der Waals surface area contributed by atoms with Gasteiger partial charge in [0.25, 0.3) is 0 Å². The van der Waals surface area contributed by atoms with E-state index < -0.39 is 11.3 Å². The van der Waals surface area contributed by atoms with Gasteiger partial charge in [-0.2, -0.15) is 0 Å². The normalized spacial score (nSPS) is 11.8. The number of hydrogen-bond donors (Lipinski definition) is 1. The Bertz CT molecular complexity index is 415. The van der Waals surface area contributed by atoms with Crippen LogP contribution >= 0.6 is 47.8 Å². The van der Waals surface area contributed by atoms with E-state index in [0.717, 1.165) is 0 Å². The van der Waals surface area contributed by atoms with E-state index in [1.807, 2.05) is 0 Å². The Kier molecular flexibility index (Phi) is 6.81. The Morgan fingerprint density at radius 2 is 2.31 bits per heavy atom. The number of carbonyl (C=O) groups is 1. The molecule has 0 bridgehead atoms. The number of hydrogen-bond acceptors (Lipinski definition) is 5. The van der Waals surface area contributed by atoms with Crippen LogP contribution in [-0.4, -0.2) is 27.8 Å². The van der Waals surface area contributed by atoms with Crippen molar-refractivity contribution in [3.63, 3.8) is 0 Å². The first-order chi connectivity index (χ1) is 8.18. The van der Waals surface area contributed by atoms with Crippen LogP contribution in [0.3, 0.4) is 0 Å². The average Bonchev–Trinajstić information content (AvgIpc) is 2.24. The zero-order valence-electron chi connectivity index (χ0n) is 10.2. The highest BCUT2D eigenvalue weighted by atomic mass is 79.9. The van der Waals surface area contributed by atoms with E-state index in [2.05, 4.69) is 62.5 Å². The van der Waals surface area contributed by atoms with Crippen molar-refractivity contribution in [1.29, 1.82) is 0 Å². The summed E-state index contributed by atoms with van der Waals surface area (Å²) in [6.45, 7) is 1.82. The quantitative estimate of drug-likeness (QED) is 0.586. The molecule has 5 nitrogen and oxygen atoms in total. The topological polar surface area (TPSA) is 78.1 Å². The number of rotatable bonds is 2. The number of alkyl halides is 1. The molecule has 0 aliphatic rings. The van der Waals surface area contributed by atoms with Gasteiger partial charge in [0.2, 0.25) is 0 Å². The number of ether oxygens (including phenoxy) is 1.